The number of hydrogen-bond acceptors (Lipinski definition) is 6. The van der Waals surface area contributed by atoms with Crippen LogP contribution >= 0.6 is 15.9 Å². The summed E-state index contributed by atoms with van der Waals surface area (Å²) < 4.78 is 46.6. The summed E-state index contributed by atoms with van der Waals surface area (Å²) in [7, 11) is 0. The van der Waals surface area contributed by atoms with Gasteiger partial charge >= 0.3 is 6.18 Å². The van der Waals surface area contributed by atoms with Gasteiger partial charge in [0.15, 0.2) is 17.2 Å². The quantitative estimate of drug-likeness (QED) is 0.207. The number of pyridine rings is 1. The fourth-order valence-corrected chi connectivity index (χ4v) is 7.54. The molecule has 0 radical (unpaired) electrons. The average Bonchev–Trinajstić information content (AvgIpc) is 3.78. The summed E-state index contributed by atoms with van der Waals surface area (Å²) in [5, 5.41) is 18.1. The Balaban J connectivity index is 1.61. The van der Waals surface area contributed by atoms with E-state index in [0.717, 1.165) is 35.4 Å². The minimum atomic E-state index is -4.66. The van der Waals surface area contributed by atoms with Gasteiger partial charge in [-0.2, -0.15) is 13.2 Å². The van der Waals surface area contributed by atoms with E-state index >= 15 is 0 Å². The van der Waals surface area contributed by atoms with Gasteiger partial charge in [-0.05, 0) is 97.1 Å². The van der Waals surface area contributed by atoms with Gasteiger partial charge < -0.3 is 0 Å². The third kappa shape index (κ3) is 4.58. The van der Waals surface area contributed by atoms with E-state index in [1.54, 1.807) is 15.5 Å². The van der Waals surface area contributed by atoms with Crippen molar-refractivity contribution in [3.8, 4) is 11.4 Å². The number of hydrogen-bond donors (Lipinski definition) is 0. The molecular formula is C32H28BrF3N8O. The molecule has 9 nitrogen and oxygen atoms in total. The van der Waals surface area contributed by atoms with E-state index in [-0.39, 0.29) is 17.4 Å². The topological polar surface area (TPSA) is 94.6 Å². The number of carbonyl (C=O) groups excluding carboxylic acids is 1. The van der Waals surface area contributed by atoms with E-state index < -0.39 is 29.1 Å². The second-order valence-electron chi connectivity index (χ2n) is 11.8. The summed E-state index contributed by atoms with van der Waals surface area (Å²) in [6.07, 6.45) is -1.17. The van der Waals surface area contributed by atoms with Crippen LogP contribution in [-0.2, 0) is 16.5 Å². The summed E-state index contributed by atoms with van der Waals surface area (Å²) in [4.78, 5) is 20.6. The predicted octanol–water partition coefficient (Wildman–Crippen LogP) is 6.66. The fourth-order valence-electron chi connectivity index (χ4n) is 7.09. The van der Waals surface area contributed by atoms with E-state index in [2.05, 4.69) is 41.3 Å². The minimum Gasteiger partial charge on any atom is -0.283 e. The lowest BCUT2D eigenvalue weighted by Crippen LogP contribution is -2.52. The van der Waals surface area contributed by atoms with E-state index in [9.17, 15) is 18.0 Å². The van der Waals surface area contributed by atoms with Gasteiger partial charge in [0.25, 0.3) is 0 Å². The lowest BCUT2D eigenvalue weighted by molar-refractivity contribution is -0.137. The van der Waals surface area contributed by atoms with Gasteiger partial charge in [0.2, 0.25) is 10.6 Å². The van der Waals surface area contributed by atoms with Crippen LogP contribution < -0.4 is 4.90 Å². The second-order valence-corrected chi connectivity index (χ2v) is 12.5. The van der Waals surface area contributed by atoms with Gasteiger partial charge in [-0.3, -0.25) is 18.8 Å². The average molecular weight is 678 g/mol. The third-order valence-electron chi connectivity index (χ3n) is 8.83. The summed E-state index contributed by atoms with van der Waals surface area (Å²) >= 11 is 3.58. The van der Waals surface area contributed by atoms with E-state index in [1.165, 1.54) is 11.8 Å². The monoisotopic (exact) mass is 676 g/mol. The first-order valence-electron chi connectivity index (χ1n) is 14.6. The van der Waals surface area contributed by atoms with Crippen molar-refractivity contribution in [2.75, 3.05) is 4.90 Å². The highest BCUT2D eigenvalue weighted by Gasteiger charge is 2.67. The minimum absolute atomic E-state index is 0.125. The molecule has 2 aliphatic rings. The largest absolute Gasteiger partial charge is 0.416 e. The molecule has 13 heteroatoms. The zero-order valence-corrected chi connectivity index (χ0v) is 26.2. The molecule has 1 aliphatic heterocycles. The number of aryl methyl sites for hydroxylation is 3. The molecule has 3 aromatic heterocycles. The molecule has 2 fully saturated rings. The fraction of sp³-hybridized carbons (Fsp3) is 0.312. The van der Waals surface area contributed by atoms with Crippen molar-refractivity contribution in [3.05, 3.63) is 106 Å². The molecule has 1 saturated heterocycles. The Morgan fingerprint density at radius 1 is 0.889 bits per heavy atom. The molecule has 0 bridgehead atoms. The molecule has 45 heavy (non-hydrogen) atoms. The van der Waals surface area contributed by atoms with Gasteiger partial charge in [0.1, 0.15) is 12.1 Å². The highest BCUT2D eigenvalue weighted by molar-refractivity contribution is 9.10. The van der Waals surface area contributed by atoms with E-state index in [0.29, 0.717) is 34.9 Å². The SMILES string of the molecule is Cc1cccc(-n2cnnc2[C@]2(c3nnc(Br)n3-c3cccc(C)c3)[C@H]3CCC[C@H]3C(=O)N2c2cc(C(F)(F)F)cc(C)n2)c1. The van der Waals surface area contributed by atoms with Crippen molar-refractivity contribution in [2.24, 2.45) is 11.8 Å². The summed E-state index contributed by atoms with van der Waals surface area (Å²) in [6, 6.07) is 17.3. The number of fused-ring (bicyclic) bond motifs is 1. The molecule has 0 spiro atoms. The molecule has 2 aromatic carbocycles. The molecule has 1 amide bonds. The molecule has 0 N–H and O–H groups in total. The maximum absolute atomic E-state index is 14.6. The number of anilines is 1. The lowest BCUT2D eigenvalue weighted by Gasteiger charge is -2.40. The number of halogens is 4. The molecule has 5 aromatic rings. The smallest absolute Gasteiger partial charge is 0.283 e. The maximum atomic E-state index is 14.6. The normalized spacial score (nSPS) is 21.5. The summed E-state index contributed by atoms with van der Waals surface area (Å²) in [6.45, 7) is 5.41. The van der Waals surface area contributed by atoms with Crippen molar-refractivity contribution in [3.63, 3.8) is 0 Å². The first-order chi connectivity index (χ1) is 21.5. The Morgan fingerprint density at radius 2 is 1.60 bits per heavy atom. The highest BCUT2D eigenvalue weighted by atomic mass is 79.9. The van der Waals surface area contributed by atoms with Crippen molar-refractivity contribution < 1.29 is 18.0 Å². The number of carbonyl (C=O) groups is 1. The van der Waals surface area contributed by atoms with Crippen molar-refractivity contribution in [1.29, 1.82) is 0 Å². The standard InChI is InChI=1S/C32H28BrF3N8O/c1-18-7-4-9-22(13-18)42-17-37-39-28(42)31(29-40-41-30(33)43(29)23-10-5-8-19(2)14-23)25-12-6-11-24(25)27(45)44(31)26-16-21(32(34,35)36)15-20(3)38-26/h4-5,7-10,13-17,24-25H,6,11-12H2,1-3H3/t24-,25+,31+/m1/s1. The Labute approximate surface area is 265 Å². The maximum Gasteiger partial charge on any atom is 0.416 e. The predicted molar refractivity (Wildman–Crippen MR) is 163 cm³/mol. The zero-order valence-electron chi connectivity index (χ0n) is 24.6. The molecule has 7 rings (SSSR count). The molecule has 1 saturated carbocycles. The molecule has 1 aliphatic carbocycles. The van der Waals surface area contributed by atoms with Crippen LogP contribution in [0.2, 0.25) is 0 Å². The number of alkyl halides is 3. The van der Waals surface area contributed by atoms with Crippen LogP contribution in [-0.4, -0.2) is 40.4 Å². The van der Waals surface area contributed by atoms with Gasteiger partial charge in [-0.25, -0.2) is 4.98 Å². The first kappa shape index (κ1) is 29.3. The number of nitrogens with zero attached hydrogens (tertiary/aromatic N) is 8. The van der Waals surface area contributed by atoms with Crippen LogP contribution in [0.1, 0.15) is 53.3 Å². The van der Waals surface area contributed by atoms with Gasteiger partial charge in [-0.1, -0.05) is 30.7 Å². The number of amides is 1. The van der Waals surface area contributed by atoms with Crippen LogP contribution in [0.15, 0.2) is 71.7 Å². The third-order valence-corrected chi connectivity index (χ3v) is 9.35. The van der Waals surface area contributed by atoms with Gasteiger partial charge in [0, 0.05) is 28.9 Å². The summed E-state index contributed by atoms with van der Waals surface area (Å²) in [5.41, 5.74) is 1.10. The van der Waals surface area contributed by atoms with E-state index in [1.807, 2.05) is 62.4 Å². The van der Waals surface area contributed by atoms with E-state index in [4.69, 9.17) is 0 Å². The number of rotatable bonds is 5. The first-order valence-corrected chi connectivity index (χ1v) is 15.4. The molecular weight excluding hydrogens is 649 g/mol. The van der Waals surface area contributed by atoms with Crippen LogP contribution in [0.4, 0.5) is 19.0 Å². The van der Waals surface area contributed by atoms with Crippen molar-refractivity contribution in [2.45, 2.75) is 51.7 Å². The Morgan fingerprint density at radius 3 is 2.31 bits per heavy atom. The lowest BCUT2D eigenvalue weighted by atomic mass is 9.79. The van der Waals surface area contributed by atoms with Crippen LogP contribution in [0.5, 0.6) is 0 Å². The number of benzene rings is 2. The van der Waals surface area contributed by atoms with Gasteiger partial charge in [0.05, 0.1) is 5.56 Å². The van der Waals surface area contributed by atoms with Gasteiger partial charge in [-0.15, -0.1) is 20.4 Å². The second kappa shape index (κ2) is 10.6. The van der Waals surface area contributed by atoms with Crippen LogP contribution in [0.25, 0.3) is 11.4 Å². The van der Waals surface area contributed by atoms with Crippen molar-refractivity contribution in [1.82, 2.24) is 34.5 Å². The molecule has 230 valence electrons. The summed E-state index contributed by atoms with van der Waals surface area (Å²) in [5.74, 6) is -0.740. The molecule has 3 atom stereocenters. The Kier molecular flexibility index (Phi) is 6.91. The Hall–Kier alpha value is -4.39. The van der Waals surface area contributed by atoms with Crippen LogP contribution in [0, 0.1) is 32.6 Å². The molecule has 0 unspecified atom stereocenters. The zero-order chi connectivity index (χ0) is 31.7. The van der Waals surface area contributed by atoms with Crippen molar-refractivity contribution >= 4 is 27.7 Å². The Bertz CT molecular complexity index is 1950. The number of aromatic nitrogens is 7. The molecule has 4 heterocycles. The highest BCUT2D eigenvalue weighted by Crippen LogP contribution is 2.58. The van der Waals surface area contributed by atoms with Crippen LogP contribution in [0.3, 0.4) is 0 Å².